The summed E-state index contributed by atoms with van der Waals surface area (Å²) in [6.45, 7) is 0.792. The van der Waals surface area contributed by atoms with Gasteiger partial charge < -0.3 is 14.8 Å². The fourth-order valence-corrected chi connectivity index (χ4v) is 2.30. The average molecular weight is 305 g/mol. The van der Waals surface area contributed by atoms with Gasteiger partial charge in [-0.2, -0.15) is 0 Å². The molecule has 0 amide bonds. The van der Waals surface area contributed by atoms with E-state index in [1.165, 1.54) is 5.56 Å². The second-order valence-corrected chi connectivity index (χ2v) is 5.14. The van der Waals surface area contributed by atoms with Gasteiger partial charge in [-0.05, 0) is 30.4 Å². The molecule has 5 nitrogen and oxygen atoms in total. The maximum atomic E-state index is 5.30. The van der Waals surface area contributed by atoms with Crippen LogP contribution >= 0.6 is 11.8 Å². The summed E-state index contributed by atoms with van der Waals surface area (Å²) < 4.78 is 10.5. The van der Waals surface area contributed by atoms with E-state index in [0.717, 1.165) is 35.3 Å². The molecule has 0 aliphatic carbocycles. The second-order valence-electron chi connectivity index (χ2n) is 4.31. The van der Waals surface area contributed by atoms with Crippen LogP contribution in [0, 0.1) is 0 Å². The molecule has 1 heterocycles. The summed E-state index contributed by atoms with van der Waals surface area (Å²) in [5.74, 6) is 2.34. The minimum absolute atomic E-state index is 0.745. The Morgan fingerprint density at radius 3 is 2.62 bits per heavy atom. The van der Waals surface area contributed by atoms with Crippen molar-refractivity contribution in [1.82, 2.24) is 9.97 Å². The van der Waals surface area contributed by atoms with Crippen molar-refractivity contribution in [1.29, 1.82) is 0 Å². The standard InChI is InChI=1S/C15H19N3O2S/c1-19-12-5-4-11(8-13(12)20-2)6-7-16-14-9-15(21-3)18-10-17-14/h4-5,8-10H,6-7H2,1-3H3,(H,16,17,18). The molecule has 0 bridgehead atoms. The molecule has 21 heavy (non-hydrogen) atoms. The van der Waals surface area contributed by atoms with Crippen LogP contribution in [0.15, 0.2) is 35.6 Å². The smallest absolute Gasteiger partial charge is 0.160 e. The van der Waals surface area contributed by atoms with Crippen molar-refractivity contribution in [2.75, 3.05) is 32.3 Å². The number of hydrogen-bond donors (Lipinski definition) is 1. The predicted molar refractivity (Wildman–Crippen MR) is 85.6 cm³/mol. The van der Waals surface area contributed by atoms with Crippen LogP contribution in [-0.2, 0) is 6.42 Å². The maximum absolute atomic E-state index is 5.30. The van der Waals surface area contributed by atoms with Crippen molar-refractivity contribution >= 4 is 17.6 Å². The van der Waals surface area contributed by atoms with Crippen LogP contribution in [0.3, 0.4) is 0 Å². The zero-order chi connectivity index (χ0) is 15.1. The van der Waals surface area contributed by atoms with Crippen LogP contribution in [0.2, 0.25) is 0 Å². The minimum atomic E-state index is 0.745. The highest BCUT2D eigenvalue weighted by Crippen LogP contribution is 2.27. The van der Waals surface area contributed by atoms with Crippen LogP contribution in [0.25, 0.3) is 0 Å². The van der Waals surface area contributed by atoms with Crippen molar-refractivity contribution in [3.8, 4) is 11.5 Å². The van der Waals surface area contributed by atoms with Gasteiger partial charge in [0.05, 0.1) is 14.2 Å². The maximum Gasteiger partial charge on any atom is 0.160 e. The molecule has 1 aromatic carbocycles. The highest BCUT2D eigenvalue weighted by atomic mass is 32.2. The number of aromatic nitrogens is 2. The first-order valence-corrected chi connectivity index (χ1v) is 7.80. The predicted octanol–water partition coefficient (Wildman–Crippen LogP) is 2.87. The highest BCUT2D eigenvalue weighted by molar-refractivity contribution is 7.98. The zero-order valence-corrected chi connectivity index (χ0v) is 13.2. The van der Waals surface area contributed by atoms with Crippen molar-refractivity contribution in [3.05, 3.63) is 36.2 Å². The Morgan fingerprint density at radius 1 is 1.10 bits per heavy atom. The Labute approximate surface area is 129 Å². The molecule has 0 unspecified atom stereocenters. The lowest BCUT2D eigenvalue weighted by Crippen LogP contribution is -2.06. The molecule has 0 aliphatic rings. The monoisotopic (exact) mass is 305 g/mol. The third-order valence-corrected chi connectivity index (χ3v) is 3.66. The van der Waals surface area contributed by atoms with E-state index in [-0.39, 0.29) is 0 Å². The average Bonchev–Trinajstić information content (AvgIpc) is 2.55. The Bertz CT molecular complexity index is 593. The molecule has 6 heteroatoms. The Balaban J connectivity index is 1.93. The van der Waals surface area contributed by atoms with Gasteiger partial charge in [0.25, 0.3) is 0 Å². The molecular formula is C15H19N3O2S. The summed E-state index contributed by atoms with van der Waals surface area (Å²) >= 11 is 1.60. The lowest BCUT2D eigenvalue weighted by Gasteiger charge is -2.10. The first-order chi connectivity index (χ1) is 10.3. The van der Waals surface area contributed by atoms with Gasteiger partial charge in [0.1, 0.15) is 17.2 Å². The summed E-state index contributed by atoms with van der Waals surface area (Å²) in [4.78, 5) is 8.35. The lowest BCUT2D eigenvalue weighted by molar-refractivity contribution is 0.354. The summed E-state index contributed by atoms with van der Waals surface area (Å²) in [6, 6.07) is 7.90. The van der Waals surface area contributed by atoms with Crippen LogP contribution in [-0.4, -0.2) is 37.0 Å². The van der Waals surface area contributed by atoms with Gasteiger partial charge in [-0.3, -0.25) is 0 Å². The first kappa shape index (κ1) is 15.4. The minimum Gasteiger partial charge on any atom is -0.493 e. The number of hydrogen-bond acceptors (Lipinski definition) is 6. The molecule has 0 atom stereocenters. The SMILES string of the molecule is COc1ccc(CCNc2cc(SC)ncn2)cc1OC. The van der Waals surface area contributed by atoms with E-state index in [0.29, 0.717) is 0 Å². The Morgan fingerprint density at radius 2 is 1.90 bits per heavy atom. The largest absolute Gasteiger partial charge is 0.493 e. The summed E-state index contributed by atoms with van der Waals surface area (Å²) in [5, 5.41) is 4.25. The fraction of sp³-hybridized carbons (Fsp3) is 0.333. The number of nitrogens with one attached hydrogen (secondary N) is 1. The van der Waals surface area contributed by atoms with E-state index >= 15 is 0 Å². The van der Waals surface area contributed by atoms with Gasteiger partial charge >= 0.3 is 0 Å². The zero-order valence-electron chi connectivity index (χ0n) is 12.4. The third-order valence-electron chi connectivity index (χ3n) is 3.02. The van der Waals surface area contributed by atoms with Crippen LogP contribution in [0.5, 0.6) is 11.5 Å². The van der Waals surface area contributed by atoms with Crippen molar-refractivity contribution in [2.24, 2.45) is 0 Å². The lowest BCUT2D eigenvalue weighted by atomic mass is 10.1. The molecule has 0 radical (unpaired) electrons. The van der Waals surface area contributed by atoms with Crippen LogP contribution in [0.4, 0.5) is 5.82 Å². The summed E-state index contributed by atoms with van der Waals surface area (Å²) in [6.07, 6.45) is 4.44. The van der Waals surface area contributed by atoms with Gasteiger partial charge in [0.2, 0.25) is 0 Å². The molecule has 0 fully saturated rings. The van der Waals surface area contributed by atoms with Crippen LogP contribution in [0.1, 0.15) is 5.56 Å². The number of nitrogens with zero attached hydrogens (tertiary/aromatic N) is 2. The highest BCUT2D eigenvalue weighted by Gasteiger charge is 2.04. The van der Waals surface area contributed by atoms with Crippen molar-refractivity contribution in [3.63, 3.8) is 0 Å². The van der Waals surface area contributed by atoms with E-state index in [2.05, 4.69) is 15.3 Å². The fourth-order valence-electron chi connectivity index (χ4n) is 1.92. The number of anilines is 1. The molecule has 112 valence electrons. The molecule has 0 saturated carbocycles. The van der Waals surface area contributed by atoms with Crippen molar-refractivity contribution in [2.45, 2.75) is 11.4 Å². The molecular weight excluding hydrogens is 286 g/mol. The number of ether oxygens (including phenoxy) is 2. The van der Waals surface area contributed by atoms with Gasteiger partial charge in [-0.1, -0.05) is 6.07 Å². The summed E-state index contributed by atoms with van der Waals surface area (Å²) in [7, 11) is 3.28. The van der Waals surface area contributed by atoms with Gasteiger partial charge in [0, 0.05) is 12.6 Å². The van der Waals surface area contributed by atoms with E-state index in [4.69, 9.17) is 9.47 Å². The van der Waals surface area contributed by atoms with Gasteiger partial charge in [-0.15, -0.1) is 11.8 Å². The number of benzene rings is 1. The second kappa shape index (κ2) is 7.73. The van der Waals surface area contributed by atoms with E-state index in [1.54, 1.807) is 32.3 Å². The Kier molecular flexibility index (Phi) is 5.68. The Hall–Kier alpha value is -1.95. The van der Waals surface area contributed by atoms with Crippen LogP contribution < -0.4 is 14.8 Å². The van der Waals surface area contributed by atoms with E-state index in [1.807, 2.05) is 30.5 Å². The molecule has 0 aliphatic heterocycles. The molecule has 1 N–H and O–H groups in total. The normalized spacial score (nSPS) is 10.2. The molecule has 0 saturated heterocycles. The number of methoxy groups -OCH3 is 2. The van der Waals surface area contributed by atoms with Gasteiger partial charge in [0.15, 0.2) is 11.5 Å². The van der Waals surface area contributed by atoms with E-state index in [9.17, 15) is 0 Å². The van der Waals surface area contributed by atoms with Gasteiger partial charge in [-0.25, -0.2) is 9.97 Å². The quantitative estimate of drug-likeness (QED) is 0.627. The molecule has 1 aromatic heterocycles. The van der Waals surface area contributed by atoms with Crippen molar-refractivity contribution < 1.29 is 9.47 Å². The molecule has 2 aromatic rings. The topological polar surface area (TPSA) is 56.3 Å². The summed E-state index contributed by atoms with van der Waals surface area (Å²) in [5.41, 5.74) is 1.18. The van der Waals surface area contributed by atoms with E-state index < -0.39 is 0 Å². The number of thioether (sulfide) groups is 1. The molecule has 2 rings (SSSR count). The molecule has 0 spiro atoms. The third kappa shape index (κ3) is 4.26. The number of rotatable bonds is 7. The first-order valence-electron chi connectivity index (χ1n) is 6.57.